The van der Waals surface area contributed by atoms with Crippen LogP contribution in [-0.2, 0) is 21.2 Å². The molecule has 30 heavy (non-hydrogen) atoms. The van der Waals surface area contributed by atoms with Gasteiger partial charge >= 0.3 is 0 Å². The highest BCUT2D eigenvalue weighted by Crippen LogP contribution is 2.30. The van der Waals surface area contributed by atoms with E-state index >= 15 is 0 Å². The maximum absolute atomic E-state index is 13.3. The zero-order valence-electron chi connectivity index (χ0n) is 17.3. The Bertz CT molecular complexity index is 1140. The Hall–Kier alpha value is -2.60. The van der Waals surface area contributed by atoms with Gasteiger partial charge in [-0.25, -0.2) is 8.42 Å². The van der Waals surface area contributed by atoms with Crippen LogP contribution in [0.25, 0.3) is 10.9 Å². The second kappa shape index (κ2) is 8.64. The van der Waals surface area contributed by atoms with Crippen molar-refractivity contribution in [3.63, 3.8) is 0 Å². The van der Waals surface area contributed by atoms with Gasteiger partial charge in [-0.2, -0.15) is 0 Å². The summed E-state index contributed by atoms with van der Waals surface area (Å²) in [5, 5.41) is 3.79. The summed E-state index contributed by atoms with van der Waals surface area (Å²) in [5.41, 5.74) is 1.76. The first-order valence-corrected chi connectivity index (χ1v) is 12.1. The minimum atomic E-state index is -3.68. The smallest absolute Gasteiger partial charge is 0.240 e. The molecular formula is C24H28N2O3S. The van der Waals surface area contributed by atoms with Crippen molar-refractivity contribution in [3.8, 4) is 0 Å². The quantitative estimate of drug-likeness (QED) is 0.608. The van der Waals surface area contributed by atoms with Crippen molar-refractivity contribution < 1.29 is 13.2 Å². The standard InChI is InChI=1S/C24H28N2O3S/c1-18-12-14-20(15-13-18)30(28,29)23-16-26(22-11-7-6-10-21(22)23)17-24(27)25-19-8-4-2-3-5-9-19/h6-7,10-16,19H,2-5,8-9,17H2,1H3,(H,25,27). The fraction of sp³-hybridized carbons (Fsp3) is 0.375. The van der Waals surface area contributed by atoms with Crippen LogP contribution in [0.1, 0.15) is 44.1 Å². The Morgan fingerprint density at radius 1 is 1.00 bits per heavy atom. The van der Waals surface area contributed by atoms with Crippen LogP contribution in [-0.4, -0.2) is 24.9 Å². The monoisotopic (exact) mass is 424 g/mol. The molecule has 0 atom stereocenters. The predicted octanol–water partition coefficient (Wildman–Crippen LogP) is 4.62. The molecule has 0 saturated heterocycles. The lowest BCUT2D eigenvalue weighted by Crippen LogP contribution is -2.36. The number of nitrogens with one attached hydrogen (secondary N) is 1. The number of sulfone groups is 1. The third kappa shape index (κ3) is 4.29. The lowest BCUT2D eigenvalue weighted by atomic mass is 10.1. The van der Waals surface area contributed by atoms with Crippen LogP contribution in [0.2, 0.25) is 0 Å². The summed E-state index contributed by atoms with van der Waals surface area (Å²) >= 11 is 0. The van der Waals surface area contributed by atoms with E-state index in [1.165, 1.54) is 12.8 Å². The van der Waals surface area contributed by atoms with Crippen molar-refractivity contribution in [2.45, 2.75) is 67.8 Å². The van der Waals surface area contributed by atoms with Crippen LogP contribution in [0.15, 0.2) is 64.5 Å². The van der Waals surface area contributed by atoms with E-state index in [0.717, 1.165) is 36.8 Å². The third-order valence-electron chi connectivity index (χ3n) is 5.91. The molecule has 0 aliphatic heterocycles. The molecule has 1 aliphatic carbocycles. The van der Waals surface area contributed by atoms with Crippen molar-refractivity contribution >= 4 is 26.6 Å². The van der Waals surface area contributed by atoms with Crippen molar-refractivity contribution in [2.24, 2.45) is 0 Å². The van der Waals surface area contributed by atoms with Crippen molar-refractivity contribution in [1.82, 2.24) is 9.88 Å². The lowest BCUT2D eigenvalue weighted by molar-refractivity contribution is -0.122. The first-order valence-electron chi connectivity index (χ1n) is 10.6. The molecule has 1 saturated carbocycles. The van der Waals surface area contributed by atoms with Gasteiger partial charge in [-0.05, 0) is 38.0 Å². The first-order chi connectivity index (χ1) is 14.4. The summed E-state index contributed by atoms with van der Waals surface area (Å²) in [7, 11) is -3.68. The number of rotatable bonds is 5. The second-order valence-electron chi connectivity index (χ2n) is 8.21. The molecule has 0 bridgehead atoms. The van der Waals surface area contributed by atoms with E-state index in [-0.39, 0.29) is 28.3 Å². The minimum Gasteiger partial charge on any atom is -0.352 e. The first kappa shape index (κ1) is 20.7. The van der Waals surface area contributed by atoms with Gasteiger partial charge in [-0.3, -0.25) is 4.79 Å². The molecule has 1 fully saturated rings. The fourth-order valence-corrected chi connectivity index (χ4v) is 5.73. The number of para-hydroxylation sites is 1. The minimum absolute atomic E-state index is 0.0677. The van der Waals surface area contributed by atoms with Crippen LogP contribution >= 0.6 is 0 Å². The van der Waals surface area contributed by atoms with Gasteiger partial charge in [0.1, 0.15) is 6.54 Å². The summed E-state index contributed by atoms with van der Waals surface area (Å²) in [6.45, 7) is 2.04. The van der Waals surface area contributed by atoms with Gasteiger partial charge in [0.15, 0.2) is 0 Å². The van der Waals surface area contributed by atoms with Gasteiger partial charge < -0.3 is 9.88 Å². The van der Waals surface area contributed by atoms with E-state index in [2.05, 4.69) is 5.32 Å². The molecule has 1 amide bonds. The van der Waals surface area contributed by atoms with Crippen molar-refractivity contribution in [2.75, 3.05) is 0 Å². The zero-order chi connectivity index (χ0) is 21.1. The molecule has 1 aromatic heterocycles. The summed E-state index contributed by atoms with van der Waals surface area (Å²) in [5.74, 6) is -0.0677. The molecule has 1 aliphatic rings. The predicted molar refractivity (Wildman–Crippen MR) is 118 cm³/mol. The Labute approximate surface area is 178 Å². The molecule has 5 nitrogen and oxygen atoms in total. The molecule has 1 heterocycles. The Morgan fingerprint density at radius 2 is 1.67 bits per heavy atom. The van der Waals surface area contributed by atoms with Crippen LogP contribution in [0.4, 0.5) is 0 Å². The highest BCUT2D eigenvalue weighted by atomic mass is 32.2. The van der Waals surface area contributed by atoms with Gasteiger partial charge in [-0.15, -0.1) is 0 Å². The fourth-order valence-electron chi connectivity index (χ4n) is 4.25. The number of benzene rings is 2. The van der Waals surface area contributed by atoms with Crippen molar-refractivity contribution in [1.29, 1.82) is 0 Å². The molecular weight excluding hydrogens is 396 g/mol. The molecule has 6 heteroatoms. The number of hydrogen-bond donors (Lipinski definition) is 1. The van der Waals surface area contributed by atoms with E-state index in [1.54, 1.807) is 41.1 Å². The van der Waals surface area contributed by atoms with E-state index in [4.69, 9.17) is 0 Å². The Morgan fingerprint density at radius 3 is 2.37 bits per heavy atom. The summed E-state index contributed by atoms with van der Waals surface area (Å²) in [6, 6.07) is 14.4. The molecule has 2 aromatic carbocycles. The van der Waals surface area contributed by atoms with Crippen LogP contribution in [0, 0.1) is 6.92 Å². The summed E-state index contributed by atoms with van der Waals surface area (Å²) in [4.78, 5) is 13.2. The topological polar surface area (TPSA) is 68.2 Å². The average molecular weight is 425 g/mol. The zero-order valence-corrected chi connectivity index (χ0v) is 18.1. The lowest BCUT2D eigenvalue weighted by Gasteiger charge is -2.16. The number of carbonyl (C=O) groups is 1. The molecule has 0 spiro atoms. The number of fused-ring (bicyclic) bond motifs is 1. The number of hydrogen-bond acceptors (Lipinski definition) is 3. The molecule has 3 aromatic rings. The normalized spacial score (nSPS) is 15.8. The van der Waals surface area contributed by atoms with Gasteiger partial charge in [-0.1, -0.05) is 61.6 Å². The van der Waals surface area contributed by atoms with E-state index in [9.17, 15) is 13.2 Å². The number of aromatic nitrogens is 1. The highest BCUT2D eigenvalue weighted by molar-refractivity contribution is 7.91. The van der Waals surface area contributed by atoms with Crippen LogP contribution in [0.5, 0.6) is 0 Å². The molecule has 1 N–H and O–H groups in total. The van der Waals surface area contributed by atoms with E-state index in [1.807, 2.05) is 25.1 Å². The Kier molecular flexibility index (Phi) is 5.95. The van der Waals surface area contributed by atoms with Gasteiger partial charge in [0.2, 0.25) is 15.7 Å². The van der Waals surface area contributed by atoms with E-state index in [0.29, 0.717) is 5.39 Å². The third-order valence-corrected chi connectivity index (χ3v) is 7.70. The highest BCUT2D eigenvalue weighted by Gasteiger charge is 2.24. The molecule has 0 unspecified atom stereocenters. The van der Waals surface area contributed by atoms with Gasteiger partial charge in [0, 0.05) is 23.1 Å². The summed E-state index contributed by atoms with van der Waals surface area (Å²) in [6.07, 6.45) is 8.40. The molecule has 0 radical (unpaired) electrons. The SMILES string of the molecule is Cc1ccc(S(=O)(=O)c2cn(CC(=O)NC3CCCCCC3)c3ccccc23)cc1. The van der Waals surface area contributed by atoms with Crippen LogP contribution in [0.3, 0.4) is 0 Å². The Balaban J connectivity index is 1.64. The second-order valence-corrected chi connectivity index (χ2v) is 10.1. The van der Waals surface area contributed by atoms with E-state index < -0.39 is 9.84 Å². The van der Waals surface area contributed by atoms with Gasteiger partial charge in [0.25, 0.3) is 0 Å². The van der Waals surface area contributed by atoms with Crippen LogP contribution < -0.4 is 5.32 Å². The largest absolute Gasteiger partial charge is 0.352 e. The van der Waals surface area contributed by atoms with Crippen molar-refractivity contribution in [3.05, 3.63) is 60.3 Å². The number of nitrogens with zero attached hydrogens (tertiary/aromatic N) is 1. The van der Waals surface area contributed by atoms with Gasteiger partial charge in [0.05, 0.1) is 9.79 Å². The maximum Gasteiger partial charge on any atom is 0.240 e. The summed E-state index contributed by atoms with van der Waals surface area (Å²) < 4.78 is 28.4. The number of carbonyl (C=O) groups excluding carboxylic acids is 1. The molecule has 158 valence electrons. The number of aryl methyl sites for hydroxylation is 1. The number of amides is 1. The average Bonchev–Trinajstić information content (AvgIpc) is 2.90. The molecule has 4 rings (SSSR count). The maximum atomic E-state index is 13.3.